The Morgan fingerprint density at radius 3 is 2.37 bits per heavy atom. The monoisotopic (exact) mass is 407 g/mol. The van der Waals surface area contributed by atoms with Gasteiger partial charge in [0.15, 0.2) is 0 Å². The second-order valence-corrected chi connectivity index (χ2v) is 9.21. The van der Waals surface area contributed by atoms with Gasteiger partial charge in [-0.05, 0) is 87.2 Å². The molecule has 2 saturated carbocycles. The number of hydrogen-bond donors (Lipinski definition) is 0. The molecule has 3 heteroatoms. The van der Waals surface area contributed by atoms with Crippen LogP contribution < -0.4 is 0 Å². The summed E-state index contributed by atoms with van der Waals surface area (Å²) in [7, 11) is 0. The minimum absolute atomic E-state index is 0.0238. The van der Waals surface area contributed by atoms with Crippen LogP contribution in [0.5, 0.6) is 0 Å². The first-order valence-corrected chi connectivity index (χ1v) is 12.0. The molecule has 0 bridgehead atoms. The van der Waals surface area contributed by atoms with Crippen molar-refractivity contribution in [2.24, 2.45) is 11.8 Å². The number of allylic oxidation sites excluding steroid dienone is 2. The number of nitrogens with zero attached hydrogens (tertiary/aromatic N) is 1. The molecule has 0 saturated heterocycles. The molecule has 2 aliphatic carbocycles. The smallest absolute Gasteiger partial charge is 0.309 e. The lowest BCUT2D eigenvalue weighted by atomic mass is 9.78. The quantitative estimate of drug-likeness (QED) is 0.268. The Morgan fingerprint density at radius 2 is 1.73 bits per heavy atom. The number of hydrogen-bond acceptors (Lipinski definition) is 3. The van der Waals surface area contributed by atoms with Gasteiger partial charge in [0.25, 0.3) is 0 Å². The van der Waals surface area contributed by atoms with Crippen LogP contribution in [0.3, 0.4) is 0 Å². The van der Waals surface area contributed by atoms with Crippen LogP contribution in [0.1, 0.15) is 94.6 Å². The van der Waals surface area contributed by atoms with Crippen LogP contribution >= 0.6 is 0 Å². The lowest BCUT2D eigenvalue weighted by Crippen LogP contribution is -2.29. The molecule has 0 unspecified atom stereocenters. The number of carbonyl (C=O) groups excluding carboxylic acids is 1. The molecule has 3 nitrogen and oxygen atoms in total. The van der Waals surface area contributed by atoms with Crippen LogP contribution in [0.4, 0.5) is 0 Å². The highest BCUT2D eigenvalue weighted by atomic mass is 16.5. The van der Waals surface area contributed by atoms with Crippen molar-refractivity contribution in [3.05, 3.63) is 47.5 Å². The van der Waals surface area contributed by atoms with Gasteiger partial charge in [-0.25, -0.2) is 0 Å². The van der Waals surface area contributed by atoms with Crippen LogP contribution in [-0.4, -0.2) is 12.1 Å². The molecule has 0 radical (unpaired) electrons. The number of ether oxygens (including phenoxy) is 1. The van der Waals surface area contributed by atoms with E-state index in [1.165, 1.54) is 36.8 Å². The summed E-state index contributed by atoms with van der Waals surface area (Å²) in [4.78, 5) is 12.7. The third kappa shape index (κ3) is 6.73. The maximum absolute atomic E-state index is 12.7. The second kappa shape index (κ2) is 11.9. The van der Waals surface area contributed by atoms with E-state index < -0.39 is 0 Å². The van der Waals surface area contributed by atoms with E-state index in [0.29, 0.717) is 11.8 Å². The number of unbranched alkanes of at least 4 members (excludes halogenated alkanes) is 2. The van der Waals surface area contributed by atoms with Crippen molar-refractivity contribution in [1.29, 1.82) is 5.26 Å². The molecule has 2 fully saturated rings. The summed E-state index contributed by atoms with van der Waals surface area (Å²) in [6.07, 6.45) is 16.6. The first kappa shape index (κ1) is 22.6. The van der Waals surface area contributed by atoms with E-state index in [0.717, 1.165) is 51.4 Å². The number of benzene rings is 1. The SMILES string of the molecule is CCCCCc1ccc([C@H]2CC[C@H](C(=O)O[C@H]3CC[C@H](C=CC#N)CC3)CC2)cc1. The predicted octanol–water partition coefficient (Wildman–Crippen LogP) is 6.87. The van der Waals surface area contributed by atoms with E-state index in [2.05, 4.69) is 37.3 Å². The van der Waals surface area contributed by atoms with Crippen molar-refractivity contribution >= 4 is 5.97 Å². The van der Waals surface area contributed by atoms with Crippen molar-refractivity contribution in [1.82, 2.24) is 0 Å². The minimum atomic E-state index is 0.0238. The molecular weight excluding hydrogens is 370 g/mol. The summed E-state index contributed by atoms with van der Waals surface area (Å²) in [5.41, 5.74) is 2.88. The molecule has 2 aliphatic rings. The Labute approximate surface area is 182 Å². The molecule has 0 N–H and O–H groups in total. The number of nitriles is 1. The zero-order chi connectivity index (χ0) is 21.2. The molecule has 0 atom stereocenters. The van der Waals surface area contributed by atoms with Crippen molar-refractivity contribution in [3.8, 4) is 6.07 Å². The molecule has 1 aromatic carbocycles. The molecule has 30 heavy (non-hydrogen) atoms. The normalized spacial score (nSPS) is 26.9. The molecule has 0 spiro atoms. The van der Waals surface area contributed by atoms with Gasteiger partial charge in [0.05, 0.1) is 12.0 Å². The Hall–Kier alpha value is -2.08. The van der Waals surface area contributed by atoms with Crippen LogP contribution in [0.2, 0.25) is 0 Å². The van der Waals surface area contributed by atoms with Crippen molar-refractivity contribution in [3.63, 3.8) is 0 Å². The Balaban J connectivity index is 1.39. The molecule has 3 rings (SSSR count). The van der Waals surface area contributed by atoms with Gasteiger partial charge in [-0.1, -0.05) is 50.1 Å². The largest absolute Gasteiger partial charge is 0.462 e. The van der Waals surface area contributed by atoms with Gasteiger partial charge in [0.2, 0.25) is 0 Å². The average molecular weight is 408 g/mol. The zero-order valence-corrected chi connectivity index (χ0v) is 18.5. The fraction of sp³-hybridized carbons (Fsp3) is 0.630. The summed E-state index contributed by atoms with van der Waals surface area (Å²) in [6, 6.07) is 11.3. The standard InChI is InChI=1S/C27H37NO2/c1-2-3-4-6-21-8-12-23(13-9-21)24-14-16-25(17-15-24)27(29)30-26-18-10-22(11-19-26)7-5-20-28/h5,7-9,12-13,22,24-26H,2-4,6,10-11,14-19H2,1H3/t22-,24-,25-,26-. The van der Waals surface area contributed by atoms with Crippen LogP contribution in [0, 0.1) is 23.2 Å². The highest BCUT2D eigenvalue weighted by Gasteiger charge is 2.30. The van der Waals surface area contributed by atoms with Crippen LogP contribution in [0.15, 0.2) is 36.4 Å². The van der Waals surface area contributed by atoms with Gasteiger partial charge in [-0.3, -0.25) is 4.79 Å². The molecular formula is C27H37NO2. The van der Waals surface area contributed by atoms with Gasteiger partial charge in [-0.2, -0.15) is 5.26 Å². The zero-order valence-electron chi connectivity index (χ0n) is 18.5. The van der Waals surface area contributed by atoms with Crippen LogP contribution in [-0.2, 0) is 16.0 Å². The highest BCUT2D eigenvalue weighted by molar-refractivity contribution is 5.72. The van der Waals surface area contributed by atoms with Gasteiger partial charge >= 0.3 is 5.97 Å². The topological polar surface area (TPSA) is 50.1 Å². The Morgan fingerprint density at radius 1 is 1.03 bits per heavy atom. The molecule has 0 heterocycles. The minimum Gasteiger partial charge on any atom is -0.462 e. The second-order valence-electron chi connectivity index (χ2n) is 9.21. The van der Waals surface area contributed by atoms with Crippen LogP contribution in [0.25, 0.3) is 0 Å². The number of esters is 1. The number of aryl methyl sites for hydroxylation is 1. The van der Waals surface area contributed by atoms with Crippen molar-refractivity contribution in [2.45, 2.75) is 96.0 Å². The summed E-state index contributed by atoms with van der Waals surface area (Å²) in [6.45, 7) is 2.25. The average Bonchev–Trinajstić information content (AvgIpc) is 2.79. The Bertz CT molecular complexity index is 714. The Kier molecular flexibility index (Phi) is 9.00. The van der Waals surface area contributed by atoms with E-state index in [1.54, 1.807) is 6.08 Å². The van der Waals surface area contributed by atoms with E-state index >= 15 is 0 Å². The summed E-state index contributed by atoms with van der Waals surface area (Å²) >= 11 is 0. The summed E-state index contributed by atoms with van der Waals surface area (Å²) < 4.78 is 5.86. The predicted molar refractivity (Wildman–Crippen MR) is 121 cm³/mol. The van der Waals surface area contributed by atoms with E-state index in [1.807, 2.05) is 6.08 Å². The van der Waals surface area contributed by atoms with Gasteiger partial charge in [0, 0.05) is 6.08 Å². The number of rotatable bonds is 8. The maximum atomic E-state index is 12.7. The fourth-order valence-corrected chi connectivity index (χ4v) is 5.04. The lowest BCUT2D eigenvalue weighted by molar-refractivity contribution is -0.157. The van der Waals surface area contributed by atoms with Gasteiger partial charge in [-0.15, -0.1) is 0 Å². The summed E-state index contributed by atoms with van der Waals surface area (Å²) in [5.74, 6) is 1.15. The molecule has 0 aromatic heterocycles. The number of carbonyl (C=O) groups is 1. The first-order valence-electron chi connectivity index (χ1n) is 12.0. The molecule has 0 amide bonds. The fourth-order valence-electron chi connectivity index (χ4n) is 5.04. The van der Waals surface area contributed by atoms with E-state index in [-0.39, 0.29) is 18.0 Å². The molecule has 0 aliphatic heterocycles. The van der Waals surface area contributed by atoms with E-state index in [4.69, 9.17) is 10.00 Å². The lowest BCUT2D eigenvalue weighted by Gasteiger charge is -2.31. The van der Waals surface area contributed by atoms with E-state index in [9.17, 15) is 4.79 Å². The maximum Gasteiger partial charge on any atom is 0.309 e. The third-order valence-electron chi connectivity index (χ3n) is 7.03. The van der Waals surface area contributed by atoms with Gasteiger partial charge in [0.1, 0.15) is 6.10 Å². The highest BCUT2D eigenvalue weighted by Crippen LogP contribution is 2.37. The van der Waals surface area contributed by atoms with Crippen molar-refractivity contribution < 1.29 is 9.53 Å². The third-order valence-corrected chi connectivity index (χ3v) is 7.03. The first-order chi connectivity index (χ1) is 14.7. The van der Waals surface area contributed by atoms with Crippen molar-refractivity contribution in [2.75, 3.05) is 0 Å². The molecule has 1 aromatic rings. The van der Waals surface area contributed by atoms with Gasteiger partial charge < -0.3 is 4.74 Å². The molecule has 162 valence electrons. The summed E-state index contributed by atoms with van der Waals surface area (Å²) in [5, 5.41) is 8.65.